The van der Waals surface area contributed by atoms with Crippen LogP contribution in [-0.4, -0.2) is 9.78 Å². The lowest BCUT2D eigenvalue weighted by atomic mass is 10.0. The van der Waals surface area contributed by atoms with Crippen LogP contribution < -0.4 is 17.0 Å². The highest BCUT2D eigenvalue weighted by Gasteiger charge is 2.17. The minimum Gasteiger partial charge on any atom is -0.398 e. The van der Waals surface area contributed by atoms with Gasteiger partial charge in [-0.2, -0.15) is 5.10 Å². The number of aryl methyl sites for hydroxylation is 2. The smallest absolute Gasteiger partial charge is 0.0624 e. The second-order valence-electron chi connectivity index (χ2n) is 4.99. The first-order valence-electron chi connectivity index (χ1n) is 7.15. The summed E-state index contributed by atoms with van der Waals surface area (Å²) in [7, 11) is 0. The molecule has 0 aliphatic carbocycles. The fourth-order valence-corrected chi connectivity index (χ4v) is 2.82. The van der Waals surface area contributed by atoms with Crippen LogP contribution in [0.15, 0.2) is 28.7 Å². The molecule has 0 spiro atoms. The molecule has 114 valence electrons. The summed E-state index contributed by atoms with van der Waals surface area (Å²) >= 11 is 3.48. The lowest BCUT2D eigenvalue weighted by molar-refractivity contribution is 0.517. The van der Waals surface area contributed by atoms with Crippen LogP contribution in [0.1, 0.15) is 36.8 Å². The van der Waals surface area contributed by atoms with E-state index in [0.717, 1.165) is 46.5 Å². The summed E-state index contributed by atoms with van der Waals surface area (Å²) in [6.07, 6.45) is 1.68. The van der Waals surface area contributed by atoms with E-state index in [1.54, 1.807) is 0 Å². The molecular weight excluding hydrogens is 330 g/mol. The van der Waals surface area contributed by atoms with Crippen LogP contribution in [0.2, 0.25) is 0 Å². The molecule has 1 atom stereocenters. The lowest BCUT2D eigenvalue weighted by Gasteiger charge is -2.19. The van der Waals surface area contributed by atoms with Gasteiger partial charge in [-0.3, -0.25) is 16.0 Å². The van der Waals surface area contributed by atoms with E-state index < -0.39 is 0 Å². The Morgan fingerprint density at radius 1 is 1.33 bits per heavy atom. The van der Waals surface area contributed by atoms with Crippen LogP contribution in [0.5, 0.6) is 0 Å². The number of halogens is 1. The zero-order valence-corrected chi connectivity index (χ0v) is 14.0. The molecule has 5 nitrogen and oxygen atoms in total. The van der Waals surface area contributed by atoms with Crippen molar-refractivity contribution in [2.24, 2.45) is 5.84 Å². The highest BCUT2D eigenvalue weighted by molar-refractivity contribution is 9.10. The molecule has 0 saturated heterocycles. The first kappa shape index (κ1) is 16.0. The molecule has 1 heterocycles. The van der Waals surface area contributed by atoms with Crippen LogP contribution in [0.3, 0.4) is 0 Å². The fourth-order valence-electron chi connectivity index (χ4n) is 2.44. The summed E-state index contributed by atoms with van der Waals surface area (Å²) in [6, 6.07) is 7.92. The normalized spacial score (nSPS) is 12.6. The Kier molecular flexibility index (Phi) is 5.39. The van der Waals surface area contributed by atoms with E-state index >= 15 is 0 Å². The summed E-state index contributed by atoms with van der Waals surface area (Å²) in [5.41, 5.74) is 12.9. The van der Waals surface area contributed by atoms with Crippen molar-refractivity contribution < 1.29 is 0 Å². The molecule has 2 rings (SSSR count). The molecule has 0 saturated carbocycles. The number of benzene rings is 1. The first-order valence-corrected chi connectivity index (χ1v) is 7.95. The lowest BCUT2D eigenvalue weighted by Crippen LogP contribution is -2.30. The number of nitrogen functional groups attached to an aromatic ring is 1. The van der Waals surface area contributed by atoms with Gasteiger partial charge in [-0.05, 0) is 43.2 Å². The second kappa shape index (κ2) is 7.06. The predicted octanol–water partition coefficient (Wildman–Crippen LogP) is 2.56. The van der Waals surface area contributed by atoms with Gasteiger partial charge < -0.3 is 5.73 Å². The van der Waals surface area contributed by atoms with E-state index in [1.807, 2.05) is 22.9 Å². The maximum absolute atomic E-state index is 6.08. The van der Waals surface area contributed by atoms with Crippen molar-refractivity contribution in [2.75, 3.05) is 5.73 Å². The summed E-state index contributed by atoms with van der Waals surface area (Å²) < 4.78 is 3.02. The average molecular weight is 352 g/mol. The van der Waals surface area contributed by atoms with Gasteiger partial charge in [0.1, 0.15) is 0 Å². The molecule has 1 aromatic heterocycles. The molecular formula is C15H22BrN5. The van der Waals surface area contributed by atoms with Gasteiger partial charge in [0.2, 0.25) is 0 Å². The maximum Gasteiger partial charge on any atom is 0.0624 e. The largest absolute Gasteiger partial charge is 0.398 e. The van der Waals surface area contributed by atoms with E-state index in [9.17, 15) is 0 Å². The number of hydrogen-bond acceptors (Lipinski definition) is 4. The van der Waals surface area contributed by atoms with Gasteiger partial charge in [-0.25, -0.2) is 0 Å². The third kappa shape index (κ3) is 3.64. The Balaban J connectivity index is 2.30. The Labute approximate surface area is 133 Å². The summed E-state index contributed by atoms with van der Waals surface area (Å²) in [6.45, 7) is 5.05. The topological polar surface area (TPSA) is 81.9 Å². The number of nitrogens with two attached hydrogens (primary N) is 2. The van der Waals surface area contributed by atoms with E-state index in [-0.39, 0.29) is 6.04 Å². The van der Waals surface area contributed by atoms with Gasteiger partial charge in [0.25, 0.3) is 0 Å². The fraction of sp³-hybridized carbons (Fsp3) is 0.400. The maximum atomic E-state index is 6.08. The van der Waals surface area contributed by atoms with Gasteiger partial charge in [0, 0.05) is 28.8 Å². The molecule has 1 aromatic carbocycles. The third-order valence-corrected chi connectivity index (χ3v) is 4.11. The van der Waals surface area contributed by atoms with Crippen LogP contribution >= 0.6 is 15.9 Å². The van der Waals surface area contributed by atoms with Gasteiger partial charge >= 0.3 is 0 Å². The highest BCUT2D eigenvalue weighted by Crippen LogP contribution is 2.27. The van der Waals surface area contributed by atoms with Gasteiger partial charge in [-0.1, -0.05) is 22.9 Å². The number of hydrogen-bond donors (Lipinski definition) is 3. The van der Waals surface area contributed by atoms with Crippen molar-refractivity contribution >= 4 is 21.6 Å². The predicted molar refractivity (Wildman–Crippen MR) is 89.6 cm³/mol. The van der Waals surface area contributed by atoms with Crippen molar-refractivity contribution in [1.29, 1.82) is 0 Å². The SMILES string of the molecule is CCc1cc(CC(NN)c2cc(Br)ccc2N)n(CC)n1. The van der Waals surface area contributed by atoms with Crippen molar-refractivity contribution in [3.8, 4) is 0 Å². The minimum absolute atomic E-state index is 0.0470. The summed E-state index contributed by atoms with van der Waals surface area (Å²) in [4.78, 5) is 0. The molecule has 2 aromatic rings. The van der Waals surface area contributed by atoms with Crippen LogP contribution in [0.4, 0.5) is 5.69 Å². The molecule has 0 aliphatic heterocycles. The summed E-state index contributed by atoms with van der Waals surface area (Å²) in [5.74, 6) is 5.75. The molecule has 0 aliphatic rings. The second-order valence-corrected chi connectivity index (χ2v) is 5.91. The standard InChI is InChI=1S/C15H22BrN5/c1-3-11-8-12(21(4-2)20-11)9-15(19-18)13-7-10(16)5-6-14(13)17/h5-8,15,19H,3-4,9,17-18H2,1-2H3. The van der Waals surface area contributed by atoms with E-state index in [0.29, 0.717) is 0 Å². The van der Waals surface area contributed by atoms with Gasteiger partial charge in [-0.15, -0.1) is 0 Å². The van der Waals surface area contributed by atoms with Crippen LogP contribution in [-0.2, 0) is 19.4 Å². The molecule has 5 N–H and O–H groups in total. The average Bonchev–Trinajstić information content (AvgIpc) is 2.89. The van der Waals surface area contributed by atoms with Gasteiger partial charge in [0.15, 0.2) is 0 Å². The zero-order valence-electron chi connectivity index (χ0n) is 12.4. The van der Waals surface area contributed by atoms with E-state index in [2.05, 4.69) is 46.4 Å². The third-order valence-electron chi connectivity index (χ3n) is 3.61. The van der Waals surface area contributed by atoms with E-state index in [1.165, 1.54) is 0 Å². The monoisotopic (exact) mass is 351 g/mol. The number of rotatable bonds is 6. The molecule has 0 bridgehead atoms. The van der Waals surface area contributed by atoms with Crippen molar-refractivity contribution in [3.63, 3.8) is 0 Å². The summed E-state index contributed by atoms with van der Waals surface area (Å²) in [5, 5.41) is 4.58. The van der Waals surface area contributed by atoms with Crippen molar-refractivity contribution in [2.45, 2.75) is 39.3 Å². The Morgan fingerprint density at radius 2 is 2.10 bits per heavy atom. The Morgan fingerprint density at radius 3 is 2.71 bits per heavy atom. The number of nitrogens with one attached hydrogen (secondary N) is 1. The number of aromatic nitrogens is 2. The molecule has 1 unspecified atom stereocenters. The number of nitrogens with zero attached hydrogens (tertiary/aromatic N) is 2. The molecule has 6 heteroatoms. The molecule has 0 radical (unpaired) electrons. The zero-order chi connectivity index (χ0) is 15.4. The molecule has 0 fully saturated rings. The number of anilines is 1. The first-order chi connectivity index (χ1) is 10.1. The number of hydrazine groups is 1. The van der Waals surface area contributed by atoms with Gasteiger partial charge in [0.05, 0.1) is 11.7 Å². The van der Waals surface area contributed by atoms with Crippen LogP contribution in [0.25, 0.3) is 0 Å². The van der Waals surface area contributed by atoms with Crippen molar-refractivity contribution in [3.05, 3.63) is 45.7 Å². The quantitative estimate of drug-likeness (QED) is 0.424. The molecule has 0 amide bonds. The highest BCUT2D eigenvalue weighted by atomic mass is 79.9. The van der Waals surface area contributed by atoms with Crippen LogP contribution in [0, 0.1) is 0 Å². The minimum atomic E-state index is -0.0470. The van der Waals surface area contributed by atoms with Crippen molar-refractivity contribution in [1.82, 2.24) is 15.2 Å². The molecule has 21 heavy (non-hydrogen) atoms. The Hall–Kier alpha value is -1.37. The Bertz CT molecular complexity index is 608. The van der Waals surface area contributed by atoms with E-state index in [4.69, 9.17) is 11.6 Å².